The first-order chi connectivity index (χ1) is 9.38. The van der Waals surface area contributed by atoms with Crippen molar-refractivity contribution in [3.05, 3.63) is 30.1 Å². The molecule has 1 aromatic rings. The summed E-state index contributed by atoms with van der Waals surface area (Å²) in [5.41, 5.74) is -1.24. The van der Waals surface area contributed by atoms with E-state index < -0.39 is 16.6 Å². The van der Waals surface area contributed by atoms with E-state index in [1.165, 1.54) is 12.1 Å². The standard InChI is InChI=1S/C16H18FNO2/c1-15(2)10-7-8-16(9-10,13(15)19)14(20)18-12-6-4-3-5-11(12)17/h3-6,10H,7-9H2,1-2H3,(H,18,20)/t10-,16+/m0/s1. The number of nitrogens with one attached hydrogen (secondary N) is 1. The van der Waals surface area contributed by atoms with Crippen LogP contribution in [0.15, 0.2) is 24.3 Å². The number of amides is 1. The number of carbonyl (C=O) groups excluding carboxylic acids is 2. The minimum absolute atomic E-state index is 0.00934. The molecule has 1 N–H and O–H groups in total. The Hall–Kier alpha value is -1.71. The molecule has 0 heterocycles. The van der Waals surface area contributed by atoms with Crippen LogP contribution in [0.4, 0.5) is 10.1 Å². The Bertz CT molecular complexity index is 596. The van der Waals surface area contributed by atoms with Gasteiger partial charge in [0.1, 0.15) is 11.2 Å². The molecule has 4 heteroatoms. The third-order valence-electron chi connectivity index (χ3n) is 5.11. The second kappa shape index (κ2) is 4.14. The van der Waals surface area contributed by atoms with Crippen LogP contribution in [0.5, 0.6) is 0 Å². The van der Waals surface area contributed by atoms with Gasteiger partial charge in [-0.05, 0) is 37.3 Å². The van der Waals surface area contributed by atoms with Gasteiger partial charge >= 0.3 is 0 Å². The summed E-state index contributed by atoms with van der Waals surface area (Å²) in [6.45, 7) is 3.83. The van der Waals surface area contributed by atoms with Gasteiger partial charge in [-0.1, -0.05) is 26.0 Å². The molecular weight excluding hydrogens is 257 g/mol. The summed E-state index contributed by atoms with van der Waals surface area (Å²) < 4.78 is 13.6. The number of benzene rings is 1. The number of anilines is 1. The van der Waals surface area contributed by atoms with Crippen LogP contribution in [0, 0.1) is 22.6 Å². The zero-order chi connectivity index (χ0) is 14.5. The van der Waals surface area contributed by atoms with E-state index in [0.29, 0.717) is 12.8 Å². The lowest BCUT2D eigenvalue weighted by Gasteiger charge is -2.32. The van der Waals surface area contributed by atoms with Gasteiger partial charge in [0.2, 0.25) is 5.91 Å². The summed E-state index contributed by atoms with van der Waals surface area (Å²) in [6.07, 6.45) is 2.07. The van der Waals surface area contributed by atoms with Crippen LogP contribution in [0.25, 0.3) is 0 Å². The van der Waals surface area contributed by atoms with Crippen molar-refractivity contribution >= 4 is 17.4 Å². The van der Waals surface area contributed by atoms with E-state index in [-0.39, 0.29) is 23.3 Å². The van der Waals surface area contributed by atoms with E-state index in [2.05, 4.69) is 5.32 Å². The third kappa shape index (κ3) is 1.63. The van der Waals surface area contributed by atoms with Crippen LogP contribution in [0.3, 0.4) is 0 Å². The predicted octanol–water partition coefficient (Wildman–Crippen LogP) is 3.16. The highest BCUT2D eigenvalue weighted by atomic mass is 19.1. The van der Waals surface area contributed by atoms with Gasteiger partial charge in [-0.15, -0.1) is 0 Å². The Kier molecular flexibility index (Phi) is 2.75. The molecule has 2 bridgehead atoms. The normalized spacial score (nSPS) is 30.6. The lowest BCUT2D eigenvalue weighted by atomic mass is 9.70. The molecule has 0 aliphatic heterocycles. The van der Waals surface area contributed by atoms with Crippen molar-refractivity contribution in [2.24, 2.45) is 16.7 Å². The molecular formula is C16H18FNO2. The average Bonchev–Trinajstić information content (AvgIpc) is 2.93. The van der Waals surface area contributed by atoms with Crippen LogP contribution in [-0.4, -0.2) is 11.7 Å². The summed E-state index contributed by atoms with van der Waals surface area (Å²) in [4.78, 5) is 25.1. The number of para-hydroxylation sites is 1. The number of fused-ring (bicyclic) bond motifs is 2. The third-order valence-corrected chi connectivity index (χ3v) is 5.11. The SMILES string of the molecule is CC1(C)C(=O)[C@@]2(C(=O)Nc3ccccc3F)CC[C@H]1C2. The lowest BCUT2D eigenvalue weighted by Crippen LogP contribution is -2.44. The van der Waals surface area contributed by atoms with E-state index in [1.807, 2.05) is 13.8 Å². The van der Waals surface area contributed by atoms with Crippen molar-refractivity contribution in [2.45, 2.75) is 33.1 Å². The Morgan fingerprint density at radius 3 is 2.65 bits per heavy atom. The molecule has 3 nitrogen and oxygen atoms in total. The largest absolute Gasteiger partial charge is 0.323 e. The number of halogens is 1. The summed E-state index contributed by atoms with van der Waals surface area (Å²) in [6, 6.07) is 6.04. The summed E-state index contributed by atoms with van der Waals surface area (Å²) in [5, 5.41) is 2.60. The van der Waals surface area contributed by atoms with E-state index >= 15 is 0 Å². The van der Waals surface area contributed by atoms with Crippen LogP contribution in [-0.2, 0) is 9.59 Å². The second-order valence-electron chi connectivity index (χ2n) is 6.51. The molecule has 3 rings (SSSR count). The summed E-state index contributed by atoms with van der Waals surface area (Å²) >= 11 is 0. The number of rotatable bonds is 2. The zero-order valence-electron chi connectivity index (χ0n) is 11.7. The topological polar surface area (TPSA) is 46.2 Å². The Morgan fingerprint density at radius 2 is 2.05 bits per heavy atom. The number of carbonyl (C=O) groups is 2. The van der Waals surface area contributed by atoms with Crippen molar-refractivity contribution in [1.29, 1.82) is 0 Å². The van der Waals surface area contributed by atoms with Crippen molar-refractivity contribution in [3.63, 3.8) is 0 Å². The van der Waals surface area contributed by atoms with Gasteiger partial charge in [0.05, 0.1) is 5.69 Å². The quantitative estimate of drug-likeness (QED) is 0.843. The van der Waals surface area contributed by atoms with Crippen LogP contribution < -0.4 is 5.32 Å². The van der Waals surface area contributed by atoms with Gasteiger partial charge in [0.25, 0.3) is 0 Å². The molecule has 2 atom stereocenters. The van der Waals surface area contributed by atoms with Gasteiger partial charge in [-0.25, -0.2) is 4.39 Å². The minimum atomic E-state index is -0.948. The van der Waals surface area contributed by atoms with Crippen molar-refractivity contribution < 1.29 is 14.0 Å². The molecule has 2 aliphatic carbocycles. The fraction of sp³-hybridized carbons (Fsp3) is 0.500. The van der Waals surface area contributed by atoms with Crippen LogP contribution in [0.2, 0.25) is 0 Å². The fourth-order valence-electron chi connectivity index (χ4n) is 3.78. The number of ketones is 1. The molecule has 106 valence electrons. The van der Waals surface area contributed by atoms with E-state index in [9.17, 15) is 14.0 Å². The van der Waals surface area contributed by atoms with E-state index in [4.69, 9.17) is 0 Å². The number of hydrogen-bond donors (Lipinski definition) is 1. The first kappa shape index (κ1) is 13.3. The molecule has 20 heavy (non-hydrogen) atoms. The molecule has 2 aliphatic rings. The number of Topliss-reactive ketones (excluding diaryl/α,β-unsaturated/α-hetero) is 1. The monoisotopic (exact) mass is 275 g/mol. The van der Waals surface area contributed by atoms with Gasteiger partial charge in [0.15, 0.2) is 5.78 Å². The summed E-state index contributed by atoms with van der Waals surface area (Å²) in [5.74, 6) is -0.548. The highest BCUT2D eigenvalue weighted by Gasteiger charge is 2.65. The molecule has 1 amide bonds. The predicted molar refractivity (Wildman–Crippen MR) is 73.6 cm³/mol. The maximum atomic E-state index is 13.6. The molecule has 0 aromatic heterocycles. The van der Waals surface area contributed by atoms with Gasteiger partial charge in [0, 0.05) is 5.41 Å². The molecule has 2 fully saturated rings. The average molecular weight is 275 g/mol. The maximum Gasteiger partial charge on any atom is 0.238 e. The Balaban J connectivity index is 1.89. The summed E-state index contributed by atoms with van der Waals surface area (Å²) in [7, 11) is 0. The van der Waals surface area contributed by atoms with Gasteiger partial charge in [-0.2, -0.15) is 0 Å². The second-order valence-corrected chi connectivity index (χ2v) is 6.51. The highest BCUT2D eigenvalue weighted by molar-refractivity contribution is 6.15. The van der Waals surface area contributed by atoms with Crippen LogP contribution >= 0.6 is 0 Å². The van der Waals surface area contributed by atoms with Crippen molar-refractivity contribution in [3.8, 4) is 0 Å². The molecule has 1 aromatic carbocycles. The number of hydrogen-bond acceptors (Lipinski definition) is 2. The molecule has 0 spiro atoms. The molecule has 0 saturated heterocycles. The maximum absolute atomic E-state index is 13.6. The Labute approximate surface area is 117 Å². The molecule has 0 radical (unpaired) electrons. The first-order valence-electron chi connectivity index (χ1n) is 6.99. The Morgan fingerprint density at radius 1 is 1.35 bits per heavy atom. The zero-order valence-corrected chi connectivity index (χ0v) is 11.7. The molecule has 2 saturated carbocycles. The minimum Gasteiger partial charge on any atom is -0.323 e. The fourth-order valence-corrected chi connectivity index (χ4v) is 3.78. The highest BCUT2D eigenvalue weighted by Crippen LogP contribution is 2.60. The van der Waals surface area contributed by atoms with Gasteiger partial charge < -0.3 is 5.32 Å². The van der Waals surface area contributed by atoms with Crippen LogP contribution in [0.1, 0.15) is 33.1 Å². The van der Waals surface area contributed by atoms with Crippen molar-refractivity contribution in [1.82, 2.24) is 0 Å². The van der Waals surface area contributed by atoms with E-state index in [1.54, 1.807) is 12.1 Å². The first-order valence-corrected chi connectivity index (χ1v) is 6.99. The smallest absolute Gasteiger partial charge is 0.238 e. The van der Waals surface area contributed by atoms with E-state index in [0.717, 1.165) is 6.42 Å². The van der Waals surface area contributed by atoms with Gasteiger partial charge in [-0.3, -0.25) is 9.59 Å². The van der Waals surface area contributed by atoms with Crippen molar-refractivity contribution in [2.75, 3.05) is 5.32 Å². The lowest BCUT2D eigenvalue weighted by molar-refractivity contribution is -0.142. The molecule has 0 unspecified atom stereocenters.